The predicted octanol–water partition coefficient (Wildman–Crippen LogP) is 4.72. The maximum Gasteiger partial charge on any atom is 0.295 e. The number of pyridine rings is 1. The van der Waals surface area contributed by atoms with Crippen molar-refractivity contribution in [3.63, 3.8) is 0 Å². The first kappa shape index (κ1) is 18.6. The van der Waals surface area contributed by atoms with E-state index < -0.39 is 5.91 Å². The van der Waals surface area contributed by atoms with Crippen molar-refractivity contribution in [1.82, 2.24) is 9.55 Å². The Balaban J connectivity index is 2.03. The Morgan fingerprint density at radius 2 is 2.00 bits per heavy atom. The van der Waals surface area contributed by atoms with E-state index in [1.54, 1.807) is 29.9 Å². The zero-order chi connectivity index (χ0) is 19.4. The number of carbonyl (C=O) groups excluding carboxylic acids is 1. The largest absolute Gasteiger partial charge is 0.497 e. The minimum atomic E-state index is -0.497. The molecule has 1 N–H and O–H groups in total. The van der Waals surface area contributed by atoms with Gasteiger partial charge in [-0.3, -0.25) is 9.78 Å². The third-order valence-electron chi connectivity index (χ3n) is 4.32. The Bertz CT molecular complexity index is 978. The molecule has 0 saturated carbocycles. The molecule has 0 radical (unpaired) electrons. The van der Waals surface area contributed by atoms with E-state index in [1.807, 2.05) is 12.1 Å². The molecule has 140 valence electrons. The second-order valence-electron chi connectivity index (χ2n) is 6.63. The average Bonchev–Trinajstić information content (AvgIpc) is 2.95. The lowest BCUT2D eigenvalue weighted by molar-refractivity contribution is 0.0995. The highest BCUT2D eigenvalue weighted by Crippen LogP contribution is 2.40. The average molecular weight is 366 g/mol. The van der Waals surface area contributed by atoms with Crippen molar-refractivity contribution < 1.29 is 14.6 Å². The number of methoxy groups -OCH3 is 1. The van der Waals surface area contributed by atoms with Crippen LogP contribution in [0, 0.1) is 5.92 Å². The number of amides is 1. The molecule has 0 spiro atoms. The van der Waals surface area contributed by atoms with E-state index in [2.05, 4.69) is 29.1 Å². The van der Waals surface area contributed by atoms with E-state index in [0.29, 0.717) is 29.2 Å². The first-order valence-corrected chi connectivity index (χ1v) is 8.76. The molecule has 2 aromatic heterocycles. The maximum absolute atomic E-state index is 12.2. The van der Waals surface area contributed by atoms with E-state index in [4.69, 9.17) is 4.74 Å². The summed E-state index contributed by atoms with van der Waals surface area (Å²) in [5.41, 5.74) is 1.46. The number of rotatable bonds is 6. The van der Waals surface area contributed by atoms with Crippen molar-refractivity contribution in [2.45, 2.75) is 26.8 Å². The van der Waals surface area contributed by atoms with Gasteiger partial charge in [-0.2, -0.15) is 0 Å². The summed E-state index contributed by atoms with van der Waals surface area (Å²) in [6, 6.07) is 8.62. The van der Waals surface area contributed by atoms with Gasteiger partial charge in [0.25, 0.3) is 5.91 Å². The Morgan fingerprint density at radius 3 is 2.67 bits per heavy atom. The molecule has 1 amide bonds. The quantitative estimate of drug-likeness (QED) is 0.639. The monoisotopic (exact) mass is 366 g/mol. The summed E-state index contributed by atoms with van der Waals surface area (Å²) in [6.07, 6.45) is 3.93. The normalized spacial score (nSPS) is 11.6. The van der Waals surface area contributed by atoms with Crippen molar-refractivity contribution >= 4 is 22.5 Å². The predicted molar refractivity (Wildman–Crippen MR) is 103 cm³/mol. The molecule has 7 nitrogen and oxygen atoms in total. The van der Waals surface area contributed by atoms with E-state index in [1.165, 1.54) is 12.4 Å². The van der Waals surface area contributed by atoms with Crippen LogP contribution >= 0.6 is 0 Å². The molecular formula is C20H22N4O3. The van der Waals surface area contributed by atoms with Gasteiger partial charge >= 0.3 is 0 Å². The van der Waals surface area contributed by atoms with Gasteiger partial charge in [-0.1, -0.05) is 13.8 Å². The van der Waals surface area contributed by atoms with Gasteiger partial charge in [-0.15, -0.1) is 10.2 Å². The summed E-state index contributed by atoms with van der Waals surface area (Å²) in [4.78, 5) is 16.1. The maximum atomic E-state index is 12.2. The molecule has 0 atom stereocenters. The zero-order valence-electron chi connectivity index (χ0n) is 15.6. The van der Waals surface area contributed by atoms with Gasteiger partial charge in [0, 0.05) is 29.9 Å². The molecule has 0 aliphatic carbocycles. The fourth-order valence-electron chi connectivity index (χ4n) is 2.79. The third kappa shape index (κ3) is 3.97. The minimum absolute atomic E-state index is 0.00909. The number of azo groups is 1. The number of ether oxygens (including phenoxy) is 1. The van der Waals surface area contributed by atoms with Crippen molar-refractivity contribution in [2.75, 3.05) is 7.11 Å². The van der Waals surface area contributed by atoms with Gasteiger partial charge in [0.1, 0.15) is 5.75 Å². The third-order valence-corrected chi connectivity index (χ3v) is 4.32. The topological polar surface area (TPSA) is 89.1 Å². The number of aryl methyl sites for hydroxylation is 1. The van der Waals surface area contributed by atoms with E-state index in [9.17, 15) is 9.90 Å². The smallest absolute Gasteiger partial charge is 0.295 e. The summed E-state index contributed by atoms with van der Waals surface area (Å²) >= 11 is 0. The fourth-order valence-corrected chi connectivity index (χ4v) is 2.79. The Hall–Kier alpha value is -3.22. The summed E-state index contributed by atoms with van der Waals surface area (Å²) in [7, 11) is 1.57. The molecule has 0 aliphatic rings. The van der Waals surface area contributed by atoms with Crippen LogP contribution in [0.25, 0.3) is 10.9 Å². The summed E-state index contributed by atoms with van der Waals surface area (Å²) in [5, 5.41) is 19.2. The highest BCUT2D eigenvalue weighted by molar-refractivity contribution is 5.97. The van der Waals surface area contributed by atoms with Gasteiger partial charge < -0.3 is 14.4 Å². The van der Waals surface area contributed by atoms with Gasteiger partial charge in [-0.05, 0) is 42.7 Å². The van der Waals surface area contributed by atoms with E-state index in [-0.39, 0.29) is 11.6 Å². The molecule has 27 heavy (non-hydrogen) atoms. The molecule has 0 fully saturated rings. The molecule has 2 heterocycles. The number of aromatic nitrogens is 2. The Morgan fingerprint density at radius 1 is 1.26 bits per heavy atom. The molecule has 1 aromatic carbocycles. The van der Waals surface area contributed by atoms with Crippen LogP contribution in [0.5, 0.6) is 11.6 Å². The van der Waals surface area contributed by atoms with Crippen LogP contribution < -0.4 is 4.74 Å². The number of benzene rings is 1. The number of nitrogens with zero attached hydrogens (tertiary/aromatic N) is 4. The molecule has 0 bridgehead atoms. The van der Waals surface area contributed by atoms with Crippen LogP contribution in [0.15, 0.2) is 53.0 Å². The van der Waals surface area contributed by atoms with Crippen molar-refractivity contribution in [3.8, 4) is 11.6 Å². The fraction of sp³-hybridized carbons (Fsp3) is 0.300. The summed E-state index contributed by atoms with van der Waals surface area (Å²) < 4.78 is 7.07. The first-order valence-electron chi connectivity index (χ1n) is 8.76. The highest BCUT2D eigenvalue weighted by atomic mass is 16.5. The lowest BCUT2D eigenvalue weighted by Gasteiger charge is -2.09. The molecule has 3 rings (SSSR count). The van der Waals surface area contributed by atoms with Crippen LogP contribution in [-0.2, 0) is 6.54 Å². The highest BCUT2D eigenvalue weighted by Gasteiger charge is 2.18. The van der Waals surface area contributed by atoms with Gasteiger partial charge in [-0.25, -0.2) is 0 Å². The summed E-state index contributed by atoms with van der Waals surface area (Å²) in [6.45, 7) is 4.89. The number of fused-ring (bicyclic) bond motifs is 1. The number of hydrogen-bond donors (Lipinski definition) is 1. The Labute approximate surface area is 157 Å². The number of aromatic hydroxyl groups is 1. The van der Waals surface area contributed by atoms with Gasteiger partial charge in [0.15, 0.2) is 5.69 Å². The van der Waals surface area contributed by atoms with Crippen LogP contribution in [0.4, 0.5) is 5.69 Å². The lowest BCUT2D eigenvalue weighted by Crippen LogP contribution is -2.00. The Kier molecular flexibility index (Phi) is 5.49. The molecule has 7 heteroatoms. The standard InChI is InChI=1S/C20H22N4O3/c1-13(2)8-11-24-17-5-4-15(27-3)12-16(17)18(20(24)26)22-23-19(25)14-6-9-21-10-7-14/h4-7,9-10,12-13,26H,8,11H2,1-3H3. The van der Waals surface area contributed by atoms with E-state index >= 15 is 0 Å². The van der Waals surface area contributed by atoms with Gasteiger partial charge in [0.2, 0.25) is 5.88 Å². The SMILES string of the molecule is COc1ccc2c(c1)c(N=NC(=O)c1ccncc1)c(O)n2CCC(C)C. The number of carbonyl (C=O) groups is 1. The van der Waals surface area contributed by atoms with Crippen LogP contribution in [0.2, 0.25) is 0 Å². The van der Waals surface area contributed by atoms with Crippen molar-refractivity contribution in [3.05, 3.63) is 48.3 Å². The molecular weight excluding hydrogens is 344 g/mol. The van der Waals surface area contributed by atoms with Crippen molar-refractivity contribution in [1.29, 1.82) is 0 Å². The molecule has 3 aromatic rings. The molecule has 0 saturated heterocycles. The second-order valence-corrected chi connectivity index (χ2v) is 6.63. The van der Waals surface area contributed by atoms with Crippen LogP contribution in [0.1, 0.15) is 30.6 Å². The van der Waals surface area contributed by atoms with Gasteiger partial charge in [0.05, 0.1) is 12.6 Å². The molecule has 0 aliphatic heterocycles. The molecule has 0 unspecified atom stereocenters. The minimum Gasteiger partial charge on any atom is -0.497 e. The first-order chi connectivity index (χ1) is 13.0. The number of hydrogen-bond acceptors (Lipinski definition) is 5. The second kappa shape index (κ2) is 7.99. The van der Waals surface area contributed by atoms with Crippen LogP contribution in [-0.4, -0.2) is 27.7 Å². The van der Waals surface area contributed by atoms with Crippen LogP contribution in [0.3, 0.4) is 0 Å². The van der Waals surface area contributed by atoms with Crippen molar-refractivity contribution in [2.24, 2.45) is 16.1 Å². The van der Waals surface area contributed by atoms with E-state index in [0.717, 1.165) is 11.9 Å². The lowest BCUT2D eigenvalue weighted by atomic mass is 10.1. The zero-order valence-corrected chi connectivity index (χ0v) is 15.6. The summed E-state index contributed by atoms with van der Waals surface area (Å²) in [5.74, 6) is 0.617.